The van der Waals surface area contributed by atoms with Gasteiger partial charge in [0.1, 0.15) is 0 Å². The number of nitrogens with one attached hydrogen (secondary N) is 2. The normalized spacial score (nSPS) is 14.5. The van der Waals surface area contributed by atoms with Crippen LogP contribution in [0, 0.1) is 6.92 Å². The van der Waals surface area contributed by atoms with Gasteiger partial charge < -0.3 is 10.3 Å². The Morgan fingerprint density at radius 3 is 2.94 bits per heavy atom. The fourth-order valence-electron chi connectivity index (χ4n) is 1.95. The number of aromatic amines is 1. The van der Waals surface area contributed by atoms with Gasteiger partial charge in [0.2, 0.25) is 0 Å². The lowest BCUT2D eigenvalue weighted by Crippen LogP contribution is -2.25. The first-order valence-electron chi connectivity index (χ1n) is 6.14. The number of nitrogens with zero attached hydrogens (tertiary/aromatic N) is 1. The van der Waals surface area contributed by atoms with Crippen LogP contribution in [0.2, 0.25) is 0 Å². The van der Waals surface area contributed by atoms with Crippen molar-refractivity contribution in [2.75, 3.05) is 0 Å². The van der Waals surface area contributed by atoms with Crippen LogP contribution in [0.4, 0.5) is 0 Å². The highest BCUT2D eigenvalue weighted by Gasteiger charge is 2.24. The molecule has 2 aromatic rings. The molecule has 1 aliphatic carbocycles. The second kappa shape index (κ2) is 4.29. The van der Waals surface area contributed by atoms with E-state index in [2.05, 4.69) is 15.3 Å². The number of hydrogen-bond donors (Lipinski definition) is 2. The highest BCUT2D eigenvalue weighted by molar-refractivity contribution is 5.96. The highest BCUT2D eigenvalue weighted by Crippen LogP contribution is 2.23. The van der Waals surface area contributed by atoms with Crippen molar-refractivity contribution < 1.29 is 4.79 Å². The Hall–Kier alpha value is -2.10. The molecule has 0 bridgehead atoms. The smallest absolute Gasteiger partial charge is 0.251 e. The molecular formula is C14H15N3O. The van der Waals surface area contributed by atoms with Gasteiger partial charge in [-0.3, -0.25) is 4.79 Å². The molecule has 4 heteroatoms. The zero-order valence-electron chi connectivity index (χ0n) is 10.2. The van der Waals surface area contributed by atoms with E-state index >= 15 is 0 Å². The number of amides is 1. The van der Waals surface area contributed by atoms with Crippen LogP contribution in [0.5, 0.6) is 0 Å². The number of imidazole rings is 1. The van der Waals surface area contributed by atoms with Crippen molar-refractivity contribution in [3.8, 4) is 11.3 Å². The fraction of sp³-hybridized carbons (Fsp3) is 0.286. The number of carbonyl (C=O) groups excluding carboxylic acids is 1. The van der Waals surface area contributed by atoms with Crippen LogP contribution in [0.1, 0.15) is 28.8 Å². The molecule has 1 aromatic heterocycles. The summed E-state index contributed by atoms with van der Waals surface area (Å²) < 4.78 is 0. The highest BCUT2D eigenvalue weighted by atomic mass is 16.1. The average Bonchev–Trinajstić information content (AvgIpc) is 3.01. The van der Waals surface area contributed by atoms with Gasteiger partial charge in [0.25, 0.3) is 5.91 Å². The van der Waals surface area contributed by atoms with Crippen LogP contribution in [0.25, 0.3) is 11.3 Å². The average molecular weight is 241 g/mol. The maximum atomic E-state index is 12.0. The van der Waals surface area contributed by atoms with Crippen molar-refractivity contribution in [1.29, 1.82) is 0 Å². The predicted octanol–water partition coefficient (Wildman–Crippen LogP) is 2.28. The van der Waals surface area contributed by atoms with Gasteiger partial charge in [-0.1, -0.05) is 6.07 Å². The minimum Gasteiger partial charge on any atom is -0.349 e. The Kier molecular flexibility index (Phi) is 2.63. The standard InChI is InChI=1S/C14H15N3O/c1-9-2-3-10(14(18)17-11-4-5-11)6-12(9)13-7-15-8-16-13/h2-3,6-8,11H,4-5H2,1H3,(H,15,16)(H,17,18). The zero-order valence-corrected chi connectivity index (χ0v) is 10.2. The van der Waals surface area contributed by atoms with E-state index in [0.717, 1.165) is 29.7 Å². The Labute approximate surface area is 105 Å². The molecule has 0 atom stereocenters. The first-order chi connectivity index (χ1) is 8.74. The van der Waals surface area contributed by atoms with Crippen molar-refractivity contribution in [3.63, 3.8) is 0 Å². The van der Waals surface area contributed by atoms with Gasteiger partial charge >= 0.3 is 0 Å². The molecule has 0 radical (unpaired) electrons. The van der Waals surface area contributed by atoms with E-state index in [9.17, 15) is 4.79 Å². The van der Waals surface area contributed by atoms with Crippen LogP contribution < -0.4 is 5.32 Å². The minimum absolute atomic E-state index is 0.0123. The van der Waals surface area contributed by atoms with Gasteiger partial charge in [-0.15, -0.1) is 0 Å². The summed E-state index contributed by atoms with van der Waals surface area (Å²) in [4.78, 5) is 19.1. The Balaban J connectivity index is 1.92. The van der Waals surface area contributed by atoms with Crippen molar-refractivity contribution in [2.45, 2.75) is 25.8 Å². The summed E-state index contributed by atoms with van der Waals surface area (Å²) in [6, 6.07) is 6.14. The summed E-state index contributed by atoms with van der Waals surface area (Å²) in [5.41, 5.74) is 3.80. The van der Waals surface area contributed by atoms with Crippen molar-refractivity contribution in [1.82, 2.24) is 15.3 Å². The fourth-order valence-corrected chi connectivity index (χ4v) is 1.95. The molecule has 1 saturated carbocycles. The number of H-pyrrole nitrogens is 1. The number of rotatable bonds is 3. The van der Waals surface area contributed by atoms with Crippen molar-refractivity contribution in [3.05, 3.63) is 41.9 Å². The molecule has 0 saturated heterocycles. The third-order valence-corrected chi connectivity index (χ3v) is 3.20. The van der Waals surface area contributed by atoms with Crippen LogP contribution >= 0.6 is 0 Å². The molecule has 1 amide bonds. The Morgan fingerprint density at radius 2 is 2.28 bits per heavy atom. The van der Waals surface area contributed by atoms with Gasteiger partial charge in [-0.25, -0.2) is 4.98 Å². The second-order valence-electron chi connectivity index (χ2n) is 4.74. The van der Waals surface area contributed by atoms with Crippen LogP contribution in [-0.4, -0.2) is 21.9 Å². The summed E-state index contributed by atoms with van der Waals surface area (Å²) in [5.74, 6) is 0.0123. The molecule has 18 heavy (non-hydrogen) atoms. The van der Waals surface area contributed by atoms with Gasteiger partial charge in [-0.2, -0.15) is 0 Å². The number of aromatic nitrogens is 2. The van der Waals surface area contributed by atoms with Gasteiger partial charge in [0.05, 0.1) is 18.2 Å². The molecular weight excluding hydrogens is 226 g/mol. The summed E-state index contributed by atoms with van der Waals surface area (Å²) >= 11 is 0. The molecule has 2 N–H and O–H groups in total. The zero-order chi connectivity index (χ0) is 12.5. The number of benzene rings is 1. The van der Waals surface area contributed by atoms with Crippen molar-refractivity contribution >= 4 is 5.91 Å². The summed E-state index contributed by atoms with van der Waals surface area (Å²) in [7, 11) is 0. The Morgan fingerprint density at radius 1 is 1.44 bits per heavy atom. The maximum Gasteiger partial charge on any atom is 0.251 e. The number of aryl methyl sites for hydroxylation is 1. The van der Waals surface area contributed by atoms with E-state index < -0.39 is 0 Å². The molecule has 3 rings (SSSR count). The van der Waals surface area contributed by atoms with Gasteiger partial charge in [0.15, 0.2) is 0 Å². The first-order valence-corrected chi connectivity index (χ1v) is 6.14. The molecule has 0 aliphatic heterocycles. The molecule has 0 spiro atoms. The summed E-state index contributed by atoms with van der Waals surface area (Å²) in [6.45, 7) is 2.03. The van der Waals surface area contributed by atoms with Gasteiger partial charge in [-0.05, 0) is 37.5 Å². The number of carbonyl (C=O) groups is 1. The lowest BCUT2D eigenvalue weighted by molar-refractivity contribution is 0.0951. The molecule has 1 aliphatic rings. The quantitative estimate of drug-likeness (QED) is 0.866. The lowest BCUT2D eigenvalue weighted by atomic mass is 10.0. The Bertz CT molecular complexity index is 571. The molecule has 1 aromatic carbocycles. The third kappa shape index (κ3) is 2.14. The summed E-state index contributed by atoms with van der Waals surface area (Å²) in [6.07, 6.45) is 5.62. The minimum atomic E-state index is 0.0123. The second-order valence-corrected chi connectivity index (χ2v) is 4.74. The van der Waals surface area contributed by atoms with Gasteiger partial charge in [0, 0.05) is 17.2 Å². The lowest BCUT2D eigenvalue weighted by Gasteiger charge is -2.07. The van der Waals surface area contributed by atoms with Crippen LogP contribution in [0.3, 0.4) is 0 Å². The molecule has 92 valence electrons. The first kappa shape index (κ1) is 11.0. The van der Waals surface area contributed by atoms with E-state index in [4.69, 9.17) is 0 Å². The van der Waals surface area contributed by atoms with Crippen LogP contribution in [-0.2, 0) is 0 Å². The largest absolute Gasteiger partial charge is 0.349 e. The molecule has 1 heterocycles. The van der Waals surface area contributed by atoms with E-state index in [1.165, 1.54) is 0 Å². The van der Waals surface area contributed by atoms with E-state index in [1.54, 1.807) is 12.5 Å². The third-order valence-electron chi connectivity index (χ3n) is 3.20. The van der Waals surface area contributed by atoms with Crippen molar-refractivity contribution in [2.24, 2.45) is 0 Å². The SMILES string of the molecule is Cc1ccc(C(=O)NC2CC2)cc1-c1cnc[nH]1. The van der Waals surface area contributed by atoms with E-state index in [-0.39, 0.29) is 5.91 Å². The molecule has 0 unspecified atom stereocenters. The van der Waals surface area contributed by atoms with Crippen LogP contribution in [0.15, 0.2) is 30.7 Å². The topological polar surface area (TPSA) is 57.8 Å². The predicted molar refractivity (Wildman–Crippen MR) is 69.2 cm³/mol. The number of hydrogen-bond acceptors (Lipinski definition) is 2. The molecule has 4 nitrogen and oxygen atoms in total. The molecule has 1 fully saturated rings. The van der Waals surface area contributed by atoms with E-state index in [1.807, 2.05) is 25.1 Å². The van der Waals surface area contributed by atoms with E-state index in [0.29, 0.717) is 11.6 Å². The monoisotopic (exact) mass is 241 g/mol. The maximum absolute atomic E-state index is 12.0. The summed E-state index contributed by atoms with van der Waals surface area (Å²) in [5, 5.41) is 3.00.